The Morgan fingerprint density at radius 1 is 0.758 bits per heavy atom. The molecule has 350 valence electrons. The van der Waals surface area contributed by atoms with E-state index in [1.54, 1.807) is 41.5 Å². The van der Waals surface area contributed by atoms with Crippen LogP contribution in [0.15, 0.2) is 17.2 Å². The monoisotopic (exact) mass is 1000 g/mol. The Hall–Kier alpha value is -4.44. The van der Waals surface area contributed by atoms with Crippen molar-refractivity contribution in [3.05, 3.63) is 55.2 Å². The van der Waals surface area contributed by atoms with Crippen LogP contribution < -0.4 is 5.56 Å². The molecule has 0 bridgehead atoms. The topological polar surface area (TPSA) is 291 Å². The number of hydrogen-bond donors (Lipinski definition) is 2. The maximum absolute atomic E-state index is 11.3. The van der Waals surface area contributed by atoms with Crippen LogP contribution in [0.5, 0.6) is 5.75 Å². The van der Waals surface area contributed by atoms with Crippen LogP contribution in [0.3, 0.4) is 0 Å². The van der Waals surface area contributed by atoms with E-state index in [2.05, 4.69) is 53.2 Å². The maximum atomic E-state index is 11.3. The molecule has 2 heterocycles. The second-order valence-electron chi connectivity index (χ2n) is 10.9. The number of halogens is 5. The largest absolute Gasteiger partial charge is 0.507 e. The molecule has 62 heavy (non-hydrogen) atoms. The molecule has 0 amide bonds. The maximum Gasteiger partial charge on any atom is 0.373 e. The quantitative estimate of drug-likeness (QED) is 0.0596. The number of Topliss-reactive ketones (excluding diaryl/α,β-unsaturated/α-hetero) is 2. The van der Waals surface area contributed by atoms with E-state index in [0.29, 0.717) is 48.4 Å². The summed E-state index contributed by atoms with van der Waals surface area (Å²) in [6.07, 6.45) is 5.39. The summed E-state index contributed by atoms with van der Waals surface area (Å²) >= 11 is 25.5. The normalized spacial score (nSPS) is 9.71. The highest BCUT2D eigenvalue weighted by Crippen LogP contribution is 2.61. The molecule has 2 N–H and O–H groups in total. The number of aromatic amines is 1. The fourth-order valence-electron chi connectivity index (χ4n) is 3.51. The van der Waals surface area contributed by atoms with Gasteiger partial charge in [-0.15, -0.1) is 0 Å². The lowest BCUT2D eigenvalue weighted by atomic mass is 10.0. The van der Waals surface area contributed by atoms with E-state index in [9.17, 15) is 43.2 Å². The minimum absolute atomic E-state index is 0.0241. The molecule has 0 aromatic carbocycles. The number of pyridine rings is 2. The molecule has 0 aliphatic carbocycles. The van der Waals surface area contributed by atoms with Crippen LogP contribution in [0.25, 0.3) is 0 Å². The van der Waals surface area contributed by atoms with Crippen LogP contribution in [0.4, 0.5) is 0 Å². The lowest BCUT2D eigenvalue weighted by Gasteiger charge is -2.07. The fourth-order valence-corrected chi connectivity index (χ4v) is 3.92. The number of aromatic hydroxyl groups is 1. The lowest BCUT2D eigenvalue weighted by Crippen LogP contribution is -2.22. The molecule has 0 spiro atoms. The van der Waals surface area contributed by atoms with Crippen LogP contribution >= 0.6 is 62.1 Å². The van der Waals surface area contributed by atoms with Crippen molar-refractivity contribution in [1.29, 1.82) is 0 Å². The van der Waals surface area contributed by atoms with Gasteiger partial charge in [0.15, 0.2) is 0 Å². The van der Waals surface area contributed by atoms with Gasteiger partial charge in [0.2, 0.25) is 0 Å². The van der Waals surface area contributed by atoms with Crippen molar-refractivity contribution in [3.63, 3.8) is 0 Å². The van der Waals surface area contributed by atoms with Gasteiger partial charge in [0.1, 0.15) is 40.4 Å². The average Bonchev–Trinajstić information content (AvgIpc) is 3.17. The van der Waals surface area contributed by atoms with Crippen molar-refractivity contribution in [2.24, 2.45) is 5.92 Å². The number of ether oxygens (including phenoxy) is 4. The SMILES string of the molecule is CCCC(=O)C(C)C(=O)OCC.CCCC(=O)CC(=O)OCC.CCOC(=O)c1c[nH]c(=O)c(C)c1O.CCOC(=O)c1cnc(Cl)c(C)c1Cl.O=C=O.O=C=O.O=P(Cl)(Cl)Cl. The number of hydrogen-bond acceptors (Lipinski definition) is 18. The van der Waals surface area contributed by atoms with Crippen molar-refractivity contribution < 1.29 is 76.6 Å². The summed E-state index contributed by atoms with van der Waals surface area (Å²) in [6, 6.07) is 0. The molecule has 0 saturated heterocycles. The first-order valence-electron chi connectivity index (χ1n) is 17.9. The predicted molar refractivity (Wildman–Crippen MR) is 226 cm³/mol. The Kier molecular flexibility index (Phi) is 43.7. The highest BCUT2D eigenvalue weighted by Gasteiger charge is 2.21. The third-order valence-corrected chi connectivity index (χ3v) is 7.13. The minimum atomic E-state index is -3.22. The number of carbonyl (C=O) groups excluding carboxylic acids is 10. The molecule has 1 atom stereocenters. The number of esters is 4. The zero-order valence-corrected chi connectivity index (χ0v) is 40.0. The van der Waals surface area contributed by atoms with Crippen LogP contribution in [0.1, 0.15) is 112 Å². The number of aromatic nitrogens is 2. The number of nitrogens with zero attached hydrogens (tertiary/aromatic N) is 1. The van der Waals surface area contributed by atoms with Crippen molar-refractivity contribution in [2.45, 2.75) is 94.4 Å². The number of carbonyl (C=O) groups is 6. The van der Waals surface area contributed by atoms with Gasteiger partial charge in [-0.3, -0.25) is 28.5 Å². The van der Waals surface area contributed by atoms with Crippen LogP contribution in [-0.2, 0) is 61.9 Å². The van der Waals surface area contributed by atoms with E-state index in [1.165, 1.54) is 13.1 Å². The number of nitrogens with one attached hydrogen (secondary N) is 1. The molecular weight excluding hydrogens is 953 g/mol. The summed E-state index contributed by atoms with van der Waals surface area (Å²) in [6.45, 7) is 16.6. The number of rotatable bonds is 14. The van der Waals surface area contributed by atoms with Gasteiger partial charge in [-0.2, -0.15) is 19.2 Å². The Balaban J connectivity index is -0.000000216. The zero-order chi connectivity index (χ0) is 49.6. The summed E-state index contributed by atoms with van der Waals surface area (Å²) in [7, 11) is 0. The van der Waals surface area contributed by atoms with E-state index in [0.717, 1.165) is 19.0 Å². The first-order valence-corrected chi connectivity index (χ1v) is 23.1. The molecule has 2 rings (SSSR count). The lowest BCUT2D eigenvalue weighted by molar-refractivity contribution is -0.193. The van der Waals surface area contributed by atoms with E-state index in [1.807, 2.05) is 13.8 Å². The summed E-state index contributed by atoms with van der Waals surface area (Å²) < 4.78 is 28.3. The van der Waals surface area contributed by atoms with Gasteiger partial charge < -0.3 is 29.0 Å². The van der Waals surface area contributed by atoms with Gasteiger partial charge in [0, 0.05) is 30.8 Å². The van der Waals surface area contributed by atoms with E-state index in [-0.39, 0.29) is 59.3 Å². The number of H-pyrrole nitrogens is 1. The van der Waals surface area contributed by atoms with E-state index in [4.69, 9.17) is 51.9 Å². The van der Waals surface area contributed by atoms with Crippen molar-refractivity contribution >= 4 is 110 Å². The van der Waals surface area contributed by atoms with Gasteiger partial charge in [0.25, 0.3) is 5.56 Å². The second-order valence-corrected chi connectivity index (χ2v) is 18.2. The zero-order valence-electron chi connectivity index (χ0n) is 35.4. The third-order valence-electron chi connectivity index (χ3n) is 6.27. The van der Waals surface area contributed by atoms with Crippen LogP contribution in [-0.4, -0.2) is 89.2 Å². The van der Waals surface area contributed by atoms with Gasteiger partial charge in [0.05, 0.1) is 42.6 Å². The fraction of sp³-hybridized carbons (Fsp3) is 0.514. The minimum Gasteiger partial charge on any atom is -0.507 e. The molecule has 2 aromatic rings. The Morgan fingerprint density at radius 2 is 1.18 bits per heavy atom. The van der Waals surface area contributed by atoms with Crippen molar-refractivity contribution in [3.8, 4) is 5.75 Å². The first-order chi connectivity index (χ1) is 28.8. The standard InChI is InChI=1S/C9H9Cl2NO2.C9H11NO4.C9H16O3.C8H14O3.2CO2.Cl3OP/c1-3-14-9(13)6-4-12-8(11)5(2)7(6)10;1-3-14-9(13)6-4-10-8(12)5(2)7(6)11;1-4-6-8(10)7(3)9(11)12-5-2;1-3-5-7(9)6-8(10)11-4-2;2*2-1-3;1-5(2,3)4/h4H,3H2,1-2H3;4H,3H2,1-2H3,(H2,10,11,12);7H,4-6H2,1-3H3;3-6H2,1-2H3;;;. The van der Waals surface area contributed by atoms with Gasteiger partial charge in [-0.1, -0.05) is 37.0 Å². The predicted octanol–water partition coefficient (Wildman–Crippen LogP) is 7.95. The second kappa shape index (κ2) is 40.6. The van der Waals surface area contributed by atoms with E-state index >= 15 is 0 Å². The van der Waals surface area contributed by atoms with Gasteiger partial charge in [-0.05, 0) is 95.0 Å². The Morgan fingerprint density at radius 3 is 1.58 bits per heavy atom. The van der Waals surface area contributed by atoms with Crippen molar-refractivity contribution in [1.82, 2.24) is 9.97 Å². The summed E-state index contributed by atoms with van der Waals surface area (Å²) in [4.78, 5) is 116. The Bertz CT molecular complexity index is 1820. The molecule has 0 aliphatic heterocycles. The highest BCUT2D eigenvalue weighted by molar-refractivity contribution is 8.24. The summed E-state index contributed by atoms with van der Waals surface area (Å²) in [5.74, 6) is -2.94. The molecule has 0 radical (unpaired) electrons. The van der Waals surface area contributed by atoms with Crippen LogP contribution in [0.2, 0.25) is 10.2 Å². The number of ketones is 2. The van der Waals surface area contributed by atoms with Gasteiger partial charge in [-0.25, -0.2) is 14.6 Å². The van der Waals surface area contributed by atoms with E-state index < -0.39 is 40.6 Å². The Labute approximate surface area is 382 Å². The van der Waals surface area contributed by atoms with Gasteiger partial charge >= 0.3 is 41.4 Å². The molecule has 1 unspecified atom stereocenters. The molecule has 25 heteroatoms. The molecule has 0 saturated carbocycles. The molecule has 19 nitrogen and oxygen atoms in total. The molecule has 2 aromatic heterocycles. The summed E-state index contributed by atoms with van der Waals surface area (Å²) in [5, 5.41) is 6.82. The highest BCUT2D eigenvalue weighted by atomic mass is 36.0. The molecular formula is C37H50Cl5N2O17P. The molecule has 0 aliphatic rings. The van der Waals surface area contributed by atoms with Crippen molar-refractivity contribution in [2.75, 3.05) is 26.4 Å². The van der Waals surface area contributed by atoms with Crippen LogP contribution in [0, 0.1) is 19.8 Å². The first kappa shape index (κ1) is 66.7. The molecule has 0 fully saturated rings. The smallest absolute Gasteiger partial charge is 0.373 e. The summed E-state index contributed by atoms with van der Waals surface area (Å²) in [5.41, 5.74) is 0.490. The third kappa shape index (κ3) is 36.2. The average molecular weight is 1000 g/mol.